The molecule has 0 atom stereocenters. The molecule has 1 aromatic carbocycles. The monoisotopic (exact) mass is 353 g/mol. The van der Waals surface area contributed by atoms with Gasteiger partial charge >= 0.3 is 5.97 Å². The third-order valence-electron chi connectivity index (χ3n) is 4.58. The van der Waals surface area contributed by atoms with Crippen LogP contribution in [0.25, 0.3) is 0 Å². The lowest BCUT2D eigenvalue weighted by atomic mass is 10.1. The van der Waals surface area contributed by atoms with E-state index < -0.39 is 10.0 Å². The van der Waals surface area contributed by atoms with Crippen LogP contribution in [0.4, 0.5) is 0 Å². The van der Waals surface area contributed by atoms with Crippen molar-refractivity contribution in [3.05, 3.63) is 29.8 Å². The largest absolute Gasteiger partial charge is 0.461 e. The maximum Gasteiger partial charge on any atom is 0.309 e. The Kier molecular flexibility index (Phi) is 5.53. The van der Waals surface area contributed by atoms with Crippen molar-refractivity contribution in [1.29, 1.82) is 0 Å². The fourth-order valence-electron chi connectivity index (χ4n) is 3.17. The standard InChI is InChI=1S/C17H23NO5S/c19-17(15-5-1-2-6-15)23-13-14-4-3-7-16(12-14)24(20,21)18-8-10-22-11-9-18/h3-4,7,12,15H,1-2,5-6,8-11,13H2. The van der Waals surface area contributed by atoms with Gasteiger partial charge in [-0.1, -0.05) is 25.0 Å². The van der Waals surface area contributed by atoms with Crippen LogP contribution in [0.15, 0.2) is 29.2 Å². The summed E-state index contributed by atoms with van der Waals surface area (Å²) < 4.78 is 37.3. The molecule has 0 bridgehead atoms. The van der Waals surface area contributed by atoms with Gasteiger partial charge in [0.15, 0.2) is 0 Å². The second kappa shape index (κ2) is 7.63. The van der Waals surface area contributed by atoms with Crippen molar-refractivity contribution >= 4 is 16.0 Å². The molecule has 1 saturated carbocycles. The normalized spacial score (nSPS) is 20.2. The van der Waals surface area contributed by atoms with Gasteiger partial charge < -0.3 is 9.47 Å². The van der Waals surface area contributed by atoms with Gasteiger partial charge in [-0.3, -0.25) is 4.79 Å². The molecule has 2 fully saturated rings. The highest BCUT2D eigenvalue weighted by Gasteiger charge is 2.27. The molecule has 7 heteroatoms. The summed E-state index contributed by atoms with van der Waals surface area (Å²) in [6, 6.07) is 6.63. The quantitative estimate of drug-likeness (QED) is 0.757. The number of carbonyl (C=O) groups excluding carboxylic acids is 1. The van der Waals surface area contributed by atoms with Gasteiger partial charge in [0.1, 0.15) is 6.61 Å². The summed E-state index contributed by atoms with van der Waals surface area (Å²) in [5.41, 5.74) is 0.690. The number of morpholine rings is 1. The highest BCUT2D eigenvalue weighted by molar-refractivity contribution is 7.89. The summed E-state index contributed by atoms with van der Waals surface area (Å²) in [4.78, 5) is 12.2. The Labute approximate surface area is 142 Å². The Morgan fingerprint density at radius 2 is 1.92 bits per heavy atom. The molecule has 2 aliphatic rings. The number of rotatable bonds is 5. The van der Waals surface area contributed by atoms with E-state index in [1.165, 1.54) is 4.31 Å². The van der Waals surface area contributed by atoms with Crippen LogP contribution >= 0.6 is 0 Å². The Bertz CT molecular complexity index is 676. The summed E-state index contributed by atoms with van der Waals surface area (Å²) in [6.07, 6.45) is 3.94. The first-order valence-electron chi connectivity index (χ1n) is 8.41. The third-order valence-corrected chi connectivity index (χ3v) is 6.47. The zero-order valence-corrected chi connectivity index (χ0v) is 14.5. The minimum Gasteiger partial charge on any atom is -0.461 e. The molecule has 0 radical (unpaired) electrons. The van der Waals surface area contributed by atoms with Crippen LogP contribution in [-0.4, -0.2) is 45.0 Å². The first-order valence-corrected chi connectivity index (χ1v) is 9.85. The molecule has 1 aromatic rings. The smallest absolute Gasteiger partial charge is 0.309 e. The molecule has 6 nitrogen and oxygen atoms in total. The molecule has 1 aliphatic carbocycles. The van der Waals surface area contributed by atoms with Crippen molar-refractivity contribution < 1.29 is 22.7 Å². The second-order valence-electron chi connectivity index (χ2n) is 6.25. The van der Waals surface area contributed by atoms with Crippen LogP contribution in [0.2, 0.25) is 0 Å². The van der Waals surface area contributed by atoms with Crippen LogP contribution in [0.1, 0.15) is 31.2 Å². The van der Waals surface area contributed by atoms with E-state index in [0.29, 0.717) is 31.9 Å². The van der Waals surface area contributed by atoms with Crippen molar-refractivity contribution in [3.63, 3.8) is 0 Å². The molecular weight excluding hydrogens is 330 g/mol. The summed E-state index contributed by atoms with van der Waals surface area (Å²) in [6.45, 7) is 1.67. The van der Waals surface area contributed by atoms with Crippen LogP contribution in [0.5, 0.6) is 0 Å². The van der Waals surface area contributed by atoms with Crippen molar-refractivity contribution in [2.75, 3.05) is 26.3 Å². The summed E-state index contributed by atoms with van der Waals surface area (Å²) >= 11 is 0. The molecule has 1 saturated heterocycles. The van der Waals surface area contributed by atoms with Crippen molar-refractivity contribution in [3.8, 4) is 0 Å². The van der Waals surface area contributed by atoms with Gasteiger partial charge in [0.25, 0.3) is 0 Å². The molecule has 1 heterocycles. The predicted octanol–water partition coefficient (Wildman–Crippen LogP) is 1.94. The average molecular weight is 353 g/mol. The second-order valence-corrected chi connectivity index (χ2v) is 8.19. The summed E-state index contributed by atoms with van der Waals surface area (Å²) in [5, 5.41) is 0. The molecule has 24 heavy (non-hydrogen) atoms. The Hall–Kier alpha value is -1.44. The van der Waals surface area contributed by atoms with Crippen LogP contribution < -0.4 is 0 Å². The van der Waals surface area contributed by atoms with Gasteiger partial charge in [-0.05, 0) is 30.5 Å². The lowest BCUT2D eigenvalue weighted by Gasteiger charge is -2.26. The number of hydrogen-bond donors (Lipinski definition) is 0. The van der Waals surface area contributed by atoms with Gasteiger partial charge in [0.05, 0.1) is 24.0 Å². The first kappa shape index (κ1) is 17.4. The summed E-state index contributed by atoms with van der Waals surface area (Å²) in [7, 11) is -3.53. The number of nitrogens with zero attached hydrogens (tertiary/aromatic N) is 1. The van der Waals surface area contributed by atoms with E-state index in [9.17, 15) is 13.2 Å². The maximum atomic E-state index is 12.6. The topological polar surface area (TPSA) is 72.9 Å². The lowest BCUT2D eigenvalue weighted by Crippen LogP contribution is -2.40. The van der Waals surface area contributed by atoms with Gasteiger partial charge in [-0.25, -0.2) is 8.42 Å². The van der Waals surface area contributed by atoms with Crippen LogP contribution in [-0.2, 0) is 30.9 Å². The predicted molar refractivity (Wildman–Crippen MR) is 87.8 cm³/mol. The van der Waals surface area contributed by atoms with Gasteiger partial charge in [-0.2, -0.15) is 4.31 Å². The van der Waals surface area contributed by atoms with Gasteiger partial charge in [-0.15, -0.1) is 0 Å². The van der Waals surface area contributed by atoms with E-state index in [0.717, 1.165) is 25.7 Å². The minimum atomic E-state index is -3.53. The number of sulfonamides is 1. The number of esters is 1. The molecule has 3 rings (SSSR count). The first-order chi connectivity index (χ1) is 11.6. The van der Waals surface area contributed by atoms with E-state index in [4.69, 9.17) is 9.47 Å². The zero-order chi connectivity index (χ0) is 17.0. The Morgan fingerprint density at radius 3 is 2.62 bits per heavy atom. The third kappa shape index (κ3) is 3.96. The Morgan fingerprint density at radius 1 is 1.21 bits per heavy atom. The molecule has 0 aromatic heterocycles. The van der Waals surface area contributed by atoms with E-state index in [2.05, 4.69) is 0 Å². The number of ether oxygens (including phenoxy) is 2. The van der Waals surface area contributed by atoms with Gasteiger partial charge in [0.2, 0.25) is 10.0 Å². The van der Waals surface area contributed by atoms with Crippen LogP contribution in [0.3, 0.4) is 0 Å². The average Bonchev–Trinajstić information content (AvgIpc) is 3.15. The molecule has 0 amide bonds. The fraction of sp³-hybridized carbons (Fsp3) is 0.588. The van der Waals surface area contributed by atoms with Gasteiger partial charge in [0, 0.05) is 13.1 Å². The Balaban J connectivity index is 1.66. The lowest BCUT2D eigenvalue weighted by molar-refractivity contribution is -0.149. The number of hydrogen-bond acceptors (Lipinski definition) is 5. The van der Waals surface area contributed by atoms with Crippen molar-refractivity contribution in [2.24, 2.45) is 5.92 Å². The summed E-state index contributed by atoms with van der Waals surface area (Å²) in [5.74, 6) is -0.167. The SMILES string of the molecule is O=C(OCc1cccc(S(=O)(=O)N2CCOCC2)c1)C1CCCC1. The van der Waals surface area contributed by atoms with E-state index >= 15 is 0 Å². The number of benzene rings is 1. The number of carbonyl (C=O) groups is 1. The highest BCUT2D eigenvalue weighted by atomic mass is 32.2. The molecule has 0 N–H and O–H groups in total. The zero-order valence-electron chi connectivity index (χ0n) is 13.6. The molecular formula is C17H23NO5S. The van der Waals surface area contributed by atoms with Crippen molar-refractivity contribution in [1.82, 2.24) is 4.31 Å². The van der Waals surface area contributed by atoms with Crippen LogP contribution in [0, 0.1) is 5.92 Å². The molecule has 132 valence electrons. The van der Waals surface area contributed by atoms with Crippen molar-refractivity contribution in [2.45, 2.75) is 37.2 Å². The van der Waals surface area contributed by atoms with E-state index in [1.807, 2.05) is 0 Å². The maximum absolute atomic E-state index is 12.6. The minimum absolute atomic E-state index is 0.00488. The van der Waals surface area contributed by atoms with E-state index in [-0.39, 0.29) is 23.4 Å². The fourth-order valence-corrected chi connectivity index (χ4v) is 4.64. The molecule has 1 aliphatic heterocycles. The molecule has 0 spiro atoms. The highest BCUT2D eigenvalue weighted by Crippen LogP contribution is 2.26. The van der Waals surface area contributed by atoms with E-state index in [1.54, 1.807) is 24.3 Å². The molecule has 0 unspecified atom stereocenters.